The van der Waals surface area contributed by atoms with Crippen LogP contribution in [0.1, 0.15) is 0 Å². The number of rotatable bonds is 3. The Bertz CT molecular complexity index is 248. The summed E-state index contributed by atoms with van der Waals surface area (Å²) in [5.41, 5.74) is 0. The molecule has 0 saturated carbocycles. The van der Waals surface area contributed by atoms with E-state index in [9.17, 15) is 0 Å². The maximum absolute atomic E-state index is 7.72. The monoisotopic (exact) mass is 587 g/mol. The van der Waals surface area contributed by atoms with Crippen molar-refractivity contribution in [3.63, 3.8) is 0 Å². The first-order chi connectivity index (χ1) is 9.75. The van der Waals surface area contributed by atoms with Crippen LogP contribution in [-0.2, 0) is 0 Å². The van der Waals surface area contributed by atoms with Crippen molar-refractivity contribution in [2.45, 2.75) is 35.8 Å². The quantitative estimate of drug-likeness (QED) is 0.108. The van der Waals surface area contributed by atoms with Crippen molar-refractivity contribution < 1.29 is 91.9 Å². The van der Waals surface area contributed by atoms with Crippen molar-refractivity contribution in [2.75, 3.05) is 0 Å². The van der Waals surface area contributed by atoms with Crippen molar-refractivity contribution in [3.05, 3.63) is 0 Å². The first kappa shape index (κ1) is 32.8. The van der Waals surface area contributed by atoms with Gasteiger partial charge < -0.3 is 91.9 Å². The summed E-state index contributed by atoms with van der Waals surface area (Å²) in [6.07, 6.45) is 0. The predicted molar refractivity (Wildman–Crippen MR) is 62.1 cm³/mol. The first-order valence-electron chi connectivity index (χ1n) is 4.77. The molecule has 0 amide bonds. The Labute approximate surface area is 154 Å². The maximum atomic E-state index is 7.72. The van der Waals surface area contributed by atoms with Crippen molar-refractivity contribution in [3.8, 4) is 0 Å². The zero-order valence-corrected chi connectivity index (χ0v) is 15.0. The van der Waals surface area contributed by atoms with Gasteiger partial charge in [-0.2, -0.15) is 0 Å². The minimum Gasteiger partial charge on any atom is -0.337 e. The standard InChI is InChI=1S/3C2H6O6.Bi/c3*3-1(4,5)2(6,7)8;/h3*3-8H;. The molecule has 0 spiro atoms. The van der Waals surface area contributed by atoms with Gasteiger partial charge in [-0.1, -0.05) is 0 Å². The van der Waals surface area contributed by atoms with Gasteiger partial charge in [-0.25, -0.2) is 0 Å². The third-order valence-corrected chi connectivity index (χ3v) is 1.35. The van der Waals surface area contributed by atoms with Crippen LogP contribution in [0.25, 0.3) is 0 Å². The van der Waals surface area contributed by atoms with E-state index in [1.165, 1.54) is 0 Å². The fraction of sp³-hybridized carbons (Fsp3) is 1.00. The molecule has 0 aliphatic carbocycles. The Morgan fingerprint density at radius 1 is 0.200 bits per heavy atom. The molecule has 0 bridgehead atoms. The molecule has 0 aromatic carbocycles. The summed E-state index contributed by atoms with van der Waals surface area (Å²) in [4.78, 5) is 0. The van der Waals surface area contributed by atoms with Crippen LogP contribution in [0, 0.1) is 0 Å². The Morgan fingerprint density at radius 2 is 0.240 bits per heavy atom. The Balaban J connectivity index is -0.000000130. The molecule has 0 atom stereocenters. The largest absolute Gasteiger partial charge is 0.362 e. The smallest absolute Gasteiger partial charge is 0.337 e. The SMILES string of the molecule is OC(O)(O)C(O)(O)O.OC(O)(O)C(O)(O)O.OC(O)(O)C(O)(O)O.[Bi]. The molecule has 0 saturated heterocycles. The topological polar surface area (TPSA) is 364 Å². The summed E-state index contributed by atoms with van der Waals surface area (Å²) in [5, 5.41) is 139. The molecule has 0 aromatic rings. The average molecular weight is 587 g/mol. The molecule has 3 radical (unpaired) electrons. The van der Waals surface area contributed by atoms with Crippen molar-refractivity contribution in [1.82, 2.24) is 0 Å². The summed E-state index contributed by atoms with van der Waals surface area (Å²) in [6, 6.07) is 0. The Kier molecular flexibility index (Phi) is 13.0. The zero-order valence-electron chi connectivity index (χ0n) is 11.5. The second-order valence-electron chi connectivity index (χ2n) is 3.81. The molecular formula is C6H18BiO18. The molecule has 0 aliphatic heterocycles. The van der Waals surface area contributed by atoms with Crippen LogP contribution < -0.4 is 0 Å². The number of hydrogen-bond acceptors (Lipinski definition) is 18. The van der Waals surface area contributed by atoms with Gasteiger partial charge in [0.15, 0.2) is 0 Å². The van der Waals surface area contributed by atoms with Crippen LogP contribution in [0.4, 0.5) is 0 Å². The van der Waals surface area contributed by atoms with Gasteiger partial charge in [0.2, 0.25) is 0 Å². The van der Waals surface area contributed by atoms with Crippen LogP contribution in [0.3, 0.4) is 0 Å². The van der Waals surface area contributed by atoms with Crippen LogP contribution in [-0.4, -0.2) is 154 Å². The van der Waals surface area contributed by atoms with Gasteiger partial charge in [0, 0.05) is 26.2 Å². The van der Waals surface area contributed by atoms with Gasteiger partial charge >= 0.3 is 35.8 Å². The van der Waals surface area contributed by atoms with Crippen LogP contribution in [0.15, 0.2) is 0 Å². The van der Waals surface area contributed by atoms with Crippen molar-refractivity contribution in [1.29, 1.82) is 0 Å². The van der Waals surface area contributed by atoms with Gasteiger partial charge in [0.1, 0.15) is 0 Å². The second-order valence-corrected chi connectivity index (χ2v) is 3.81. The third-order valence-electron chi connectivity index (χ3n) is 1.35. The summed E-state index contributed by atoms with van der Waals surface area (Å²) in [7, 11) is 0. The van der Waals surface area contributed by atoms with Gasteiger partial charge in [0.25, 0.3) is 0 Å². The van der Waals surface area contributed by atoms with Gasteiger partial charge in [0.05, 0.1) is 0 Å². The fourth-order valence-corrected chi connectivity index (χ4v) is 0. The minimum atomic E-state index is -3.90. The molecule has 18 N–H and O–H groups in total. The number of hydrogen-bond donors (Lipinski definition) is 18. The maximum Gasteiger partial charge on any atom is 0.362 e. The van der Waals surface area contributed by atoms with E-state index in [4.69, 9.17) is 91.9 Å². The molecule has 0 rings (SSSR count). The molecular weight excluding hydrogens is 569 g/mol. The molecule has 0 heterocycles. The van der Waals surface area contributed by atoms with Crippen LogP contribution in [0.5, 0.6) is 0 Å². The van der Waals surface area contributed by atoms with Gasteiger partial charge in [-0.3, -0.25) is 0 Å². The summed E-state index contributed by atoms with van der Waals surface area (Å²) in [6.45, 7) is 0. The predicted octanol–water partition coefficient (Wildman–Crippen LogP) is -11.6. The molecule has 18 nitrogen and oxygen atoms in total. The van der Waals surface area contributed by atoms with Crippen LogP contribution in [0.2, 0.25) is 0 Å². The minimum absolute atomic E-state index is 0. The van der Waals surface area contributed by atoms with E-state index in [1.54, 1.807) is 0 Å². The Morgan fingerprint density at radius 3 is 0.240 bits per heavy atom. The first-order valence-corrected chi connectivity index (χ1v) is 4.77. The van der Waals surface area contributed by atoms with E-state index in [-0.39, 0.29) is 26.2 Å². The van der Waals surface area contributed by atoms with E-state index in [2.05, 4.69) is 0 Å². The van der Waals surface area contributed by atoms with Crippen molar-refractivity contribution in [2.24, 2.45) is 0 Å². The summed E-state index contributed by atoms with van der Waals surface area (Å²) >= 11 is 0. The Hall–Kier alpha value is 0.163. The van der Waals surface area contributed by atoms with Gasteiger partial charge in [-0.05, 0) is 0 Å². The third kappa shape index (κ3) is 16.1. The van der Waals surface area contributed by atoms with Crippen molar-refractivity contribution >= 4 is 26.2 Å². The summed E-state index contributed by atoms with van der Waals surface area (Å²) < 4.78 is 0. The van der Waals surface area contributed by atoms with E-state index < -0.39 is 35.8 Å². The molecule has 25 heavy (non-hydrogen) atoms. The summed E-state index contributed by atoms with van der Waals surface area (Å²) in [5.74, 6) is -23.4. The molecule has 0 unspecified atom stereocenters. The molecule has 0 fully saturated rings. The molecule has 0 aromatic heterocycles. The normalized spacial score (nSPS) is 13.7. The zero-order chi connectivity index (χ0) is 21.0. The van der Waals surface area contributed by atoms with Gasteiger partial charge in [-0.15, -0.1) is 0 Å². The average Bonchev–Trinajstić information content (AvgIpc) is 2.08. The number of aliphatic hydroxyl groups is 18. The molecule has 0 aliphatic rings. The molecule has 19 heteroatoms. The van der Waals surface area contributed by atoms with E-state index in [1.807, 2.05) is 0 Å². The molecule has 155 valence electrons. The van der Waals surface area contributed by atoms with E-state index in [0.717, 1.165) is 0 Å². The fourth-order valence-electron chi connectivity index (χ4n) is 0. The second kappa shape index (κ2) is 9.91. The van der Waals surface area contributed by atoms with E-state index in [0.29, 0.717) is 0 Å². The van der Waals surface area contributed by atoms with Crippen LogP contribution >= 0.6 is 0 Å². The van der Waals surface area contributed by atoms with E-state index >= 15 is 0 Å².